The molecule has 14 heavy (non-hydrogen) atoms. The molecule has 0 spiro atoms. The smallest absolute Gasteiger partial charge is 0.111 e. The second-order valence-electron chi connectivity index (χ2n) is 4.10. The molecule has 0 atom stereocenters. The molecule has 2 nitrogen and oxygen atoms in total. The number of aromatic nitrogens is 1. The Kier molecular flexibility index (Phi) is 2.34. The largest absolute Gasteiger partial charge is 0.304 e. The van der Waals surface area contributed by atoms with Crippen LogP contribution >= 0.6 is 11.3 Å². The maximum Gasteiger partial charge on any atom is 0.111 e. The average Bonchev–Trinajstić information content (AvgIpc) is 2.81. The molecule has 0 aliphatic heterocycles. The van der Waals surface area contributed by atoms with Crippen molar-refractivity contribution in [2.24, 2.45) is 0 Å². The zero-order chi connectivity index (χ0) is 10.2. The zero-order valence-electron chi connectivity index (χ0n) is 8.58. The summed E-state index contributed by atoms with van der Waals surface area (Å²) in [5, 5.41) is 1.14. The van der Waals surface area contributed by atoms with E-state index >= 15 is 0 Å². The van der Waals surface area contributed by atoms with Crippen LogP contribution in [0.3, 0.4) is 0 Å². The minimum atomic E-state index is 0.00916. The van der Waals surface area contributed by atoms with Gasteiger partial charge in [-0.05, 0) is 26.9 Å². The maximum atomic E-state index is 5.52. The van der Waals surface area contributed by atoms with E-state index in [1.165, 1.54) is 4.88 Å². The first-order chi connectivity index (χ1) is 6.66. The molecule has 1 saturated carbocycles. The Morgan fingerprint density at radius 3 is 2.86 bits per heavy atom. The van der Waals surface area contributed by atoms with E-state index in [4.69, 9.17) is 6.42 Å². The van der Waals surface area contributed by atoms with Gasteiger partial charge in [-0.2, -0.15) is 0 Å². The third-order valence-corrected chi connectivity index (χ3v) is 3.65. The fraction of sp³-hybridized carbons (Fsp3) is 0.545. The molecule has 0 unspecified atom stereocenters. The number of thiazole rings is 1. The Balaban J connectivity index is 2.15. The molecular weight excluding hydrogens is 192 g/mol. The lowest BCUT2D eigenvalue weighted by Crippen LogP contribution is -2.09. The molecule has 0 amide bonds. The van der Waals surface area contributed by atoms with Gasteiger partial charge in [0.2, 0.25) is 0 Å². The average molecular weight is 206 g/mol. The maximum absolute atomic E-state index is 5.52. The first-order valence-corrected chi connectivity index (χ1v) is 5.56. The van der Waals surface area contributed by atoms with Gasteiger partial charge in [0, 0.05) is 17.6 Å². The topological polar surface area (TPSA) is 16.1 Å². The van der Waals surface area contributed by atoms with Crippen molar-refractivity contribution < 1.29 is 0 Å². The van der Waals surface area contributed by atoms with Crippen molar-refractivity contribution in [2.45, 2.75) is 24.8 Å². The second kappa shape index (κ2) is 3.38. The Morgan fingerprint density at radius 1 is 1.64 bits per heavy atom. The van der Waals surface area contributed by atoms with Gasteiger partial charge < -0.3 is 4.90 Å². The highest BCUT2D eigenvalue weighted by Gasteiger charge is 2.45. The molecule has 74 valence electrons. The van der Waals surface area contributed by atoms with Gasteiger partial charge in [0.1, 0.15) is 5.01 Å². The quantitative estimate of drug-likeness (QED) is 0.702. The number of hydrogen-bond acceptors (Lipinski definition) is 3. The fourth-order valence-electron chi connectivity index (χ4n) is 1.46. The summed E-state index contributed by atoms with van der Waals surface area (Å²) in [7, 11) is 4.13. The minimum absolute atomic E-state index is 0.00916. The lowest BCUT2D eigenvalue weighted by molar-refractivity contribution is 0.406. The Bertz CT molecular complexity index is 369. The van der Waals surface area contributed by atoms with Gasteiger partial charge in [-0.1, -0.05) is 5.92 Å². The Hall–Kier alpha value is -0.850. The van der Waals surface area contributed by atoms with Crippen LogP contribution in [0.4, 0.5) is 0 Å². The monoisotopic (exact) mass is 206 g/mol. The van der Waals surface area contributed by atoms with Crippen LogP contribution in [-0.4, -0.2) is 24.0 Å². The molecule has 1 aromatic rings. The van der Waals surface area contributed by atoms with Crippen molar-refractivity contribution in [3.63, 3.8) is 0 Å². The highest BCUT2D eigenvalue weighted by atomic mass is 32.1. The van der Waals surface area contributed by atoms with Gasteiger partial charge in [-0.25, -0.2) is 4.98 Å². The summed E-state index contributed by atoms with van der Waals surface area (Å²) < 4.78 is 0. The normalized spacial score (nSPS) is 18.1. The van der Waals surface area contributed by atoms with Crippen molar-refractivity contribution in [1.29, 1.82) is 0 Å². The van der Waals surface area contributed by atoms with Crippen LogP contribution in [0.5, 0.6) is 0 Å². The second-order valence-corrected chi connectivity index (χ2v) is 5.21. The lowest BCUT2D eigenvalue weighted by atomic mass is 10.1. The van der Waals surface area contributed by atoms with Crippen LogP contribution < -0.4 is 0 Å². The third-order valence-electron chi connectivity index (χ3n) is 2.46. The van der Waals surface area contributed by atoms with Crippen LogP contribution in [0.1, 0.15) is 22.7 Å². The summed E-state index contributed by atoms with van der Waals surface area (Å²) in [5.41, 5.74) is 0.00916. The van der Waals surface area contributed by atoms with E-state index in [1.54, 1.807) is 11.3 Å². The number of nitrogens with zero attached hydrogens (tertiary/aromatic N) is 2. The molecule has 1 fully saturated rings. The molecule has 0 radical (unpaired) electrons. The van der Waals surface area contributed by atoms with Crippen molar-refractivity contribution in [2.75, 3.05) is 14.1 Å². The molecule has 0 aromatic carbocycles. The summed E-state index contributed by atoms with van der Waals surface area (Å²) in [6.07, 6.45) is 9.69. The number of rotatable bonds is 3. The predicted octanol–water partition coefficient (Wildman–Crippen LogP) is 1.87. The van der Waals surface area contributed by atoms with Gasteiger partial charge in [0.25, 0.3) is 0 Å². The minimum Gasteiger partial charge on any atom is -0.304 e. The zero-order valence-corrected chi connectivity index (χ0v) is 9.40. The van der Waals surface area contributed by atoms with Crippen LogP contribution in [0.25, 0.3) is 0 Å². The van der Waals surface area contributed by atoms with Gasteiger partial charge in [0.15, 0.2) is 0 Å². The van der Waals surface area contributed by atoms with Gasteiger partial charge in [0.05, 0.1) is 5.41 Å². The van der Waals surface area contributed by atoms with E-state index in [0.717, 1.165) is 24.4 Å². The molecule has 0 bridgehead atoms. The highest BCUT2D eigenvalue weighted by molar-refractivity contribution is 7.11. The fourth-order valence-corrected chi connectivity index (χ4v) is 2.70. The van der Waals surface area contributed by atoms with E-state index in [9.17, 15) is 0 Å². The van der Waals surface area contributed by atoms with Crippen molar-refractivity contribution in [3.8, 4) is 12.3 Å². The van der Waals surface area contributed by atoms with Gasteiger partial charge in [-0.3, -0.25) is 0 Å². The summed E-state index contributed by atoms with van der Waals surface area (Å²) in [6, 6.07) is 0. The molecular formula is C11H14N2S. The van der Waals surface area contributed by atoms with E-state index in [-0.39, 0.29) is 5.41 Å². The molecule has 1 aromatic heterocycles. The SMILES string of the molecule is C#CC1(c2ncc(CN(C)C)s2)CC1. The molecule has 0 N–H and O–H groups in total. The van der Waals surface area contributed by atoms with E-state index < -0.39 is 0 Å². The van der Waals surface area contributed by atoms with Crippen molar-refractivity contribution in [3.05, 3.63) is 16.1 Å². The predicted molar refractivity (Wildman–Crippen MR) is 59.3 cm³/mol. The first-order valence-electron chi connectivity index (χ1n) is 4.74. The summed E-state index contributed by atoms with van der Waals surface area (Å²) in [4.78, 5) is 7.87. The molecule has 3 heteroatoms. The van der Waals surface area contributed by atoms with Gasteiger partial charge in [-0.15, -0.1) is 17.8 Å². The first kappa shape index (κ1) is 9.70. The van der Waals surface area contributed by atoms with Crippen LogP contribution in [0.15, 0.2) is 6.20 Å². The highest BCUT2D eigenvalue weighted by Crippen LogP contribution is 2.48. The molecule has 1 heterocycles. The lowest BCUT2D eigenvalue weighted by Gasteiger charge is -2.05. The van der Waals surface area contributed by atoms with E-state index in [0.29, 0.717) is 0 Å². The summed E-state index contributed by atoms with van der Waals surface area (Å²) in [5.74, 6) is 2.87. The van der Waals surface area contributed by atoms with Crippen molar-refractivity contribution >= 4 is 11.3 Å². The molecule has 2 rings (SSSR count). The summed E-state index contributed by atoms with van der Waals surface area (Å²) in [6.45, 7) is 0.957. The number of terminal acetylenes is 1. The number of hydrogen-bond donors (Lipinski definition) is 0. The van der Waals surface area contributed by atoms with Crippen LogP contribution in [0.2, 0.25) is 0 Å². The van der Waals surface area contributed by atoms with Gasteiger partial charge >= 0.3 is 0 Å². The van der Waals surface area contributed by atoms with Crippen molar-refractivity contribution in [1.82, 2.24) is 9.88 Å². The van der Waals surface area contributed by atoms with E-state index in [2.05, 4.69) is 29.9 Å². The van der Waals surface area contributed by atoms with Crippen LogP contribution in [0, 0.1) is 12.3 Å². The molecule has 1 aliphatic carbocycles. The Morgan fingerprint density at radius 2 is 2.36 bits per heavy atom. The molecule has 0 saturated heterocycles. The standard InChI is InChI=1S/C11H14N2S/c1-4-11(5-6-11)10-12-7-9(14-10)8-13(2)3/h1,7H,5-6,8H2,2-3H3. The van der Waals surface area contributed by atoms with Crippen LogP contribution in [-0.2, 0) is 12.0 Å². The van der Waals surface area contributed by atoms with E-state index in [1.807, 2.05) is 6.20 Å². The summed E-state index contributed by atoms with van der Waals surface area (Å²) >= 11 is 1.76. The Labute approximate surface area is 89.0 Å². The molecule has 1 aliphatic rings. The third kappa shape index (κ3) is 1.68.